The van der Waals surface area contributed by atoms with E-state index in [0.717, 1.165) is 23.9 Å². The molecule has 2 heteroatoms. The normalized spacial score (nSPS) is 34.6. The second kappa shape index (κ2) is 9.41. The minimum Gasteiger partial charge on any atom is -0.363 e. The number of para-hydroxylation sites is 2. The molecule has 0 heterocycles. The fraction of sp³-hybridized carbons (Fsp3) is 0.647. The number of hydrogen-bond donors (Lipinski definition) is 0. The number of anilines is 2. The highest BCUT2D eigenvalue weighted by molar-refractivity contribution is 5.55. The summed E-state index contributed by atoms with van der Waals surface area (Å²) in [7, 11) is 0. The molecule has 4 bridgehead atoms. The first kappa shape index (κ1) is 23.2. The van der Waals surface area contributed by atoms with Crippen LogP contribution in [0.3, 0.4) is 0 Å². The average molecular weight is 483 g/mol. The number of rotatable bonds is 6. The highest BCUT2D eigenvalue weighted by Gasteiger charge is 2.63. The van der Waals surface area contributed by atoms with E-state index < -0.39 is 0 Å². The summed E-state index contributed by atoms with van der Waals surface area (Å²) in [4.78, 5) is 6.12. The summed E-state index contributed by atoms with van der Waals surface area (Å²) in [6.07, 6.45) is 22.7. The van der Waals surface area contributed by atoms with E-state index in [9.17, 15) is 0 Å². The smallest absolute Gasteiger partial charge is 0.0433 e. The Bertz CT molecular complexity index is 910. The molecule has 36 heavy (non-hydrogen) atoms. The monoisotopic (exact) mass is 482 g/mol. The first-order valence-corrected chi connectivity index (χ1v) is 15.4. The third-order valence-corrected chi connectivity index (χ3v) is 11.0. The van der Waals surface area contributed by atoms with Crippen molar-refractivity contribution < 1.29 is 0 Å². The van der Waals surface area contributed by atoms with Crippen molar-refractivity contribution in [1.29, 1.82) is 0 Å². The lowest BCUT2D eigenvalue weighted by Crippen LogP contribution is -2.72. The lowest BCUT2D eigenvalue weighted by Gasteiger charge is -2.69. The van der Waals surface area contributed by atoms with E-state index in [1.54, 1.807) is 0 Å². The molecule has 0 N–H and O–H groups in total. The van der Waals surface area contributed by atoms with E-state index >= 15 is 0 Å². The first-order chi connectivity index (χ1) is 17.7. The van der Waals surface area contributed by atoms with Crippen LogP contribution in [0, 0.1) is 11.8 Å². The second-order valence-corrected chi connectivity index (χ2v) is 13.4. The van der Waals surface area contributed by atoms with Gasteiger partial charge in [0.2, 0.25) is 0 Å². The van der Waals surface area contributed by atoms with Crippen molar-refractivity contribution in [3.05, 3.63) is 60.7 Å². The van der Waals surface area contributed by atoms with E-state index in [-0.39, 0.29) is 0 Å². The lowest BCUT2D eigenvalue weighted by molar-refractivity contribution is -0.0341. The molecule has 0 saturated heterocycles. The van der Waals surface area contributed by atoms with E-state index in [1.165, 1.54) is 114 Å². The van der Waals surface area contributed by atoms with Crippen LogP contribution >= 0.6 is 0 Å². The summed E-state index contributed by atoms with van der Waals surface area (Å²) in [6, 6.07) is 24.8. The second-order valence-electron chi connectivity index (χ2n) is 13.4. The topological polar surface area (TPSA) is 6.48 Å². The molecule has 8 rings (SSSR count). The number of nitrogens with zero attached hydrogens (tertiary/aromatic N) is 2. The number of hydrogen-bond acceptors (Lipinski definition) is 2. The Morgan fingerprint density at radius 1 is 0.500 bits per heavy atom. The maximum Gasteiger partial charge on any atom is 0.0433 e. The van der Waals surface area contributed by atoms with Crippen LogP contribution in [0.4, 0.5) is 11.4 Å². The molecule has 6 saturated carbocycles. The molecule has 0 aliphatic heterocycles. The molecule has 0 radical (unpaired) electrons. The van der Waals surface area contributed by atoms with Crippen molar-refractivity contribution in [3.8, 4) is 0 Å². The lowest BCUT2D eigenvalue weighted by atomic mass is 9.48. The van der Waals surface area contributed by atoms with Crippen molar-refractivity contribution in [2.45, 2.75) is 126 Å². The molecule has 2 aromatic rings. The van der Waals surface area contributed by atoms with Crippen molar-refractivity contribution in [2.24, 2.45) is 11.8 Å². The van der Waals surface area contributed by atoms with Crippen LogP contribution in [-0.2, 0) is 0 Å². The molecule has 0 unspecified atom stereocenters. The Morgan fingerprint density at radius 2 is 0.889 bits per heavy atom. The maximum absolute atomic E-state index is 3.06. The van der Waals surface area contributed by atoms with Crippen LogP contribution in [-0.4, -0.2) is 23.2 Å². The molecule has 6 aliphatic carbocycles. The van der Waals surface area contributed by atoms with Gasteiger partial charge in [-0.05, 0) is 100 Å². The third-order valence-electron chi connectivity index (χ3n) is 11.0. The summed E-state index contributed by atoms with van der Waals surface area (Å²) in [6.45, 7) is 0. The quantitative estimate of drug-likeness (QED) is 0.406. The Labute approximate surface area is 219 Å². The van der Waals surface area contributed by atoms with Crippen molar-refractivity contribution in [1.82, 2.24) is 0 Å². The predicted octanol–water partition coefficient (Wildman–Crippen LogP) is 8.76. The van der Waals surface area contributed by atoms with Gasteiger partial charge in [-0.1, -0.05) is 74.9 Å². The average Bonchev–Trinajstić information content (AvgIpc) is 2.90. The summed E-state index contributed by atoms with van der Waals surface area (Å²) < 4.78 is 0. The Hall–Kier alpha value is -1.96. The molecular formula is C34H46N2. The summed E-state index contributed by atoms with van der Waals surface area (Å²) in [5, 5.41) is 0. The molecule has 6 aliphatic rings. The van der Waals surface area contributed by atoms with Crippen LogP contribution in [0.2, 0.25) is 0 Å². The van der Waals surface area contributed by atoms with Crippen LogP contribution in [0.5, 0.6) is 0 Å². The summed E-state index contributed by atoms with van der Waals surface area (Å²) in [5.41, 5.74) is 3.72. The minimum atomic E-state index is 0.342. The van der Waals surface area contributed by atoms with E-state index in [0.29, 0.717) is 11.1 Å². The SMILES string of the molecule is c1ccc(N(C2CCCCC2)C23CC4CC(C2)CC(N(c2ccccc2)C2CCCCC2)(C4)C3)cc1. The van der Waals surface area contributed by atoms with Crippen LogP contribution in [0.1, 0.15) is 103 Å². The van der Waals surface area contributed by atoms with Gasteiger partial charge in [0, 0.05) is 34.5 Å². The fourth-order valence-corrected chi connectivity index (χ4v) is 10.3. The highest BCUT2D eigenvalue weighted by atomic mass is 15.3. The zero-order valence-electron chi connectivity index (χ0n) is 22.3. The van der Waals surface area contributed by atoms with Crippen molar-refractivity contribution in [2.75, 3.05) is 9.80 Å². The maximum atomic E-state index is 3.06. The predicted molar refractivity (Wildman–Crippen MR) is 152 cm³/mol. The van der Waals surface area contributed by atoms with Crippen molar-refractivity contribution in [3.63, 3.8) is 0 Å². The Morgan fingerprint density at radius 3 is 1.28 bits per heavy atom. The fourth-order valence-electron chi connectivity index (χ4n) is 10.3. The molecule has 0 spiro atoms. The molecule has 2 nitrogen and oxygen atoms in total. The van der Waals surface area contributed by atoms with Gasteiger partial charge in [-0.3, -0.25) is 0 Å². The first-order valence-electron chi connectivity index (χ1n) is 15.4. The van der Waals surface area contributed by atoms with Crippen LogP contribution < -0.4 is 9.80 Å². The van der Waals surface area contributed by atoms with Gasteiger partial charge in [-0.25, -0.2) is 0 Å². The molecule has 2 aromatic carbocycles. The molecule has 0 amide bonds. The Kier molecular flexibility index (Phi) is 6.06. The van der Waals surface area contributed by atoms with Gasteiger partial charge in [0.1, 0.15) is 0 Å². The number of benzene rings is 2. The van der Waals surface area contributed by atoms with Crippen LogP contribution in [0.25, 0.3) is 0 Å². The summed E-state index contributed by atoms with van der Waals surface area (Å²) >= 11 is 0. The zero-order chi connectivity index (χ0) is 24.0. The Balaban J connectivity index is 1.32. The van der Waals surface area contributed by atoms with E-state index in [1.807, 2.05) is 0 Å². The van der Waals surface area contributed by atoms with Crippen molar-refractivity contribution >= 4 is 11.4 Å². The van der Waals surface area contributed by atoms with Gasteiger partial charge >= 0.3 is 0 Å². The minimum absolute atomic E-state index is 0.342. The molecular weight excluding hydrogens is 436 g/mol. The zero-order valence-corrected chi connectivity index (χ0v) is 22.3. The standard InChI is InChI=1S/C34H46N2/c1-5-13-29(14-6-1)35(30-15-7-2-8-16-30)33-22-27-21-28(23-33)25-34(24-27,26-33)36(31-17-9-3-10-18-31)32-19-11-4-12-20-32/h1,3,5-6,9-10,13-14,17-18,27-28,30,32H,2,4,7-8,11-12,15-16,19-26H2. The van der Waals surface area contributed by atoms with Crippen LogP contribution in [0.15, 0.2) is 60.7 Å². The largest absolute Gasteiger partial charge is 0.363 e. The van der Waals surface area contributed by atoms with Gasteiger partial charge < -0.3 is 9.80 Å². The molecule has 192 valence electrons. The van der Waals surface area contributed by atoms with Gasteiger partial charge in [-0.2, -0.15) is 0 Å². The molecule has 0 aromatic heterocycles. The highest BCUT2D eigenvalue weighted by Crippen LogP contribution is 2.63. The van der Waals surface area contributed by atoms with Gasteiger partial charge in [0.25, 0.3) is 0 Å². The van der Waals surface area contributed by atoms with E-state index in [2.05, 4.69) is 70.5 Å². The van der Waals surface area contributed by atoms with Gasteiger partial charge in [0.05, 0.1) is 0 Å². The molecule has 0 atom stereocenters. The van der Waals surface area contributed by atoms with Gasteiger partial charge in [-0.15, -0.1) is 0 Å². The molecule has 6 fully saturated rings. The summed E-state index contributed by atoms with van der Waals surface area (Å²) in [5.74, 6) is 1.80. The van der Waals surface area contributed by atoms with Gasteiger partial charge in [0.15, 0.2) is 0 Å². The third kappa shape index (κ3) is 3.98. The van der Waals surface area contributed by atoms with E-state index in [4.69, 9.17) is 0 Å².